The smallest absolute Gasteiger partial charge is 0.271 e. The topological polar surface area (TPSA) is 141 Å². The Morgan fingerprint density at radius 2 is 1.95 bits per heavy atom. The summed E-state index contributed by atoms with van der Waals surface area (Å²) in [4.78, 5) is 36.0. The number of amides is 2. The number of carbonyl (C=O) groups excluding carboxylic acids is 2. The van der Waals surface area contributed by atoms with Crippen molar-refractivity contribution in [2.75, 3.05) is 18.2 Å². The molecule has 0 bridgehead atoms. The van der Waals surface area contributed by atoms with E-state index in [0.29, 0.717) is 28.8 Å². The van der Waals surface area contributed by atoms with Crippen LogP contribution in [0.3, 0.4) is 0 Å². The Kier molecular flexibility index (Phi) is 9.85. The monoisotopic (exact) mass is 558 g/mol. The number of allylic oxidation sites excluding steroid dienone is 1. The van der Waals surface area contributed by atoms with Crippen LogP contribution in [0.2, 0.25) is 5.02 Å². The maximum Gasteiger partial charge on any atom is 0.271 e. The number of aromatic nitrogens is 3. The molecular formula is C25H27ClN6O5S. The lowest BCUT2D eigenvalue weighted by Gasteiger charge is -2.22. The van der Waals surface area contributed by atoms with Gasteiger partial charge in [0, 0.05) is 24.2 Å². The predicted octanol–water partition coefficient (Wildman–Crippen LogP) is 4.89. The van der Waals surface area contributed by atoms with Gasteiger partial charge in [-0.15, -0.1) is 16.8 Å². The van der Waals surface area contributed by atoms with Gasteiger partial charge in [-0.2, -0.15) is 0 Å². The molecule has 3 rings (SSSR count). The highest BCUT2D eigenvalue weighted by Gasteiger charge is 2.26. The van der Waals surface area contributed by atoms with E-state index >= 15 is 0 Å². The summed E-state index contributed by atoms with van der Waals surface area (Å²) in [5.41, 5.74) is 0.419. The van der Waals surface area contributed by atoms with Gasteiger partial charge in [0.05, 0.1) is 34.5 Å². The summed E-state index contributed by atoms with van der Waals surface area (Å²) >= 11 is 7.20. The summed E-state index contributed by atoms with van der Waals surface area (Å²) in [7, 11) is 1.55. The summed E-state index contributed by atoms with van der Waals surface area (Å²) in [6.45, 7) is 8.05. The highest BCUT2D eigenvalue weighted by molar-refractivity contribution is 7.99. The molecule has 2 aromatic carbocycles. The summed E-state index contributed by atoms with van der Waals surface area (Å²) in [5.74, 6) is 0.376. The van der Waals surface area contributed by atoms with Crippen molar-refractivity contribution in [1.29, 1.82) is 0 Å². The van der Waals surface area contributed by atoms with Crippen LogP contribution in [0.5, 0.6) is 5.75 Å². The molecule has 0 fully saturated rings. The van der Waals surface area contributed by atoms with Crippen LogP contribution in [-0.2, 0) is 11.3 Å². The van der Waals surface area contributed by atoms with E-state index in [2.05, 4.69) is 27.4 Å². The first-order chi connectivity index (χ1) is 18.1. The minimum atomic E-state index is -0.571. The largest absolute Gasteiger partial charge is 0.497 e. The molecule has 3 aromatic rings. The second-order valence-electron chi connectivity index (χ2n) is 8.42. The van der Waals surface area contributed by atoms with Gasteiger partial charge in [-0.1, -0.05) is 43.3 Å². The lowest BCUT2D eigenvalue weighted by molar-refractivity contribution is -0.384. The maximum atomic E-state index is 13.0. The number of benzene rings is 2. The van der Waals surface area contributed by atoms with Crippen molar-refractivity contribution in [3.63, 3.8) is 0 Å². The molecule has 1 aromatic heterocycles. The van der Waals surface area contributed by atoms with Gasteiger partial charge in [-0.25, -0.2) is 0 Å². The van der Waals surface area contributed by atoms with Crippen LogP contribution in [0.4, 0.5) is 11.4 Å². The molecule has 2 N–H and O–H groups in total. The number of hydrogen-bond acceptors (Lipinski definition) is 8. The molecule has 13 heteroatoms. The first-order valence-electron chi connectivity index (χ1n) is 11.5. The fourth-order valence-corrected chi connectivity index (χ4v) is 4.39. The van der Waals surface area contributed by atoms with Gasteiger partial charge < -0.3 is 19.9 Å². The lowest BCUT2D eigenvalue weighted by Crippen LogP contribution is -2.33. The van der Waals surface area contributed by atoms with Crippen LogP contribution in [-0.4, -0.2) is 44.4 Å². The minimum absolute atomic E-state index is 0.0258. The van der Waals surface area contributed by atoms with Crippen molar-refractivity contribution in [3.8, 4) is 5.75 Å². The Balaban J connectivity index is 1.75. The van der Waals surface area contributed by atoms with Crippen molar-refractivity contribution in [2.45, 2.75) is 31.6 Å². The third kappa shape index (κ3) is 7.11. The Labute approximate surface area is 228 Å². The predicted molar refractivity (Wildman–Crippen MR) is 146 cm³/mol. The molecule has 38 heavy (non-hydrogen) atoms. The van der Waals surface area contributed by atoms with Crippen molar-refractivity contribution in [1.82, 2.24) is 20.1 Å². The van der Waals surface area contributed by atoms with Crippen molar-refractivity contribution < 1.29 is 19.2 Å². The Hall–Kier alpha value is -3.90. The number of rotatable bonds is 12. The van der Waals surface area contributed by atoms with Gasteiger partial charge >= 0.3 is 0 Å². The van der Waals surface area contributed by atoms with E-state index < -0.39 is 16.9 Å². The fraction of sp³-hybridized carbons (Fsp3) is 0.280. The number of hydrogen-bond donors (Lipinski definition) is 2. The molecule has 1 heterocycles. The van der Waals surface area contributed by atoms with E-state index in [9.17, 15) is 19.7 Å². The maximum absolute atomic E-state index is 13.0. The molecule has 0 saturated heterocycles. The van der Waals surface area contributed by atoms with Crippen molar-refractivity contribution in [2.24, 2.45) is 5.92 Å². The Morgan fingerprint density at radius 1 is 1.24 bits per heavy atom. The number of carbonyl (C=O) groups is 2. The van der Waals surface area contributed by atoms with Gasteiger partial charge in [0.15, 0.2) is 11.0 Å². The quantitative estimate of drug-likeness (QED) is 0.138. The van der Waals surface area contributed by atoms with E-state index in [-0.39, 0.29) is 34.0 Å². The molecule has 11 nitrogen and oxygen atoms in total. The van der Waals surface area contributed by atoms with Crippen molar-refractivity contribution >= 4 is 46.6 Å². The van der Waals surface area contributed by atoms with Gasteiger partial charge in [0.2, 0.25) is 5.91 Å². The normalized spacial score (nSPS) is 11.6. The number of thioether (sulfide) groups is 1. The zero-order valence-electron chi connectivity index (χ0n) is 21.0. The molecule has 0 saturated carbocycles. The molecule has 0 radical (unpaired) electrons. The van der Waals surface area contributed by atoms with E-state index in [0.717, 1.165) is 11.8 Å². The lowest BCUT2D eigenvalue weighted by atomic mass is 10.0. The molecule has 0 aliphatic heterocycles. The molecule has 2 amide bonds. The van der Waals surface area contributed by atoms with Crippen LogP contribution in [0.15, 0.2) is 60.3 Å². The first-order valence-corrected chi connectivity index (χ1v) is 12.9. The van der Waals surface area contributed by atoms with Crippen LogP contribution >= 0.6 is 23.4 Å². The number of methoxy groups -OCH3 is 1. The fourth-order valence-electron chi connectivity index (χ4n) is 3.47. The highest BCUT2D eigenvalue weighted by Crippen LogP contribution is 2.28. The summed E-state index contributed by atoms with van der Waals surface area (Å²) < 4.78 is 6.93. The first kappa shape index (κ1) is 28.7. The second-order valence-corrected chi connectivity index (χ2v) is 9.77. The molecule has 1 unspecified atom stereocenters. The molecule has 200 valence electrons. The van der Waals surface area contributed by atoms with Gasteiger partial charge in [0.25, 0.3) is 11.6 Å². The standard InChI is InChI=1S/C25H27ClN6O5S/c1-5-12-31-23(22(15(2)3)28-24(34)16-6-9-18(37-4)10-7-16)29-30-25(31)38-14-21(33)27-20-13-17(32(35)36)8-11-19(20)26/h5-11,13,15,22H,1,12,14H2,2-4H3,(H,27,33)(H,28,34). The third-order valence-corrected chi connectivity index (χ3v) is 6.70. The molecule has 0 spiro atoms. The van der Waals surface area contributed by atoms with E-state index in [1.54, 1.807) is 42.0 Å². The van der Waals surface area contributed by atoms with Gasteiger partial charge in [-0.05, 0) is 36.2 Å². The van der Waals surface area contributed by atoms with Gasteiger partial charge in [-0.3, -0.25) is 19.7 Å². The zero-order chi connectivity index (χ0) is 27.8. The number of anilines is 1. The third-order valence-electron chi connectivity index (χ3n) is 5.41. The number of halogens is 1. The summed E-state index contributed by atoms with van der Waals surface area (Å²) in [5, 5.41) is 25.8. The highest BCUT2D eigenvalue weighted by atomic mass is 35.5. The molecule has 0 aliphatic rings. The number of nitrogens with zero attached hydrogens (tertiary/aromatic N) is 4. The zero-order valence-corrected chi connectivity index (χ0v) is 22.6. The van der Waals surface area contributed by atoms with Crippen LogP contribution in [0, 0.1) is 16.0 Å². The SMILES string of the molecule is C=CCn1c(SCC(=O)Nc2cc([N+](=O)[O-])ccc2Cl)nnc1C(NC(=O)c1ccc(OC)cc1)C(C)C. The summed E-state index contributed by atoms with van der Waals surface area (Å²) in [6, 6.07) is 10.1. The van der Waals surface area contributed by atoms with Crippen LogP contribution in [0.1, 0.15) is 36.1 Å². The number of nitrogens with one attached hydrogen (secondary N) is 2. The van der Waals surface area contributed by atoms with E-state index in [4.69, 9.17) is 16.3 Å². The molecule has 0 aliphatic carbocycles. The van der Waals surface area contributed by atoms with Crippen LogP contribution in [0.25, 0.3) is 0 Å². The number of non-ortho nitro benzene ring substituents is 1. The second kappa shape index (κ2) is 13.1. The van der Waals surface area contributed by atoms with Crippen molar-refractivity contribution in [3.05, 3.63) is 81.6 Å². The van der Waals surface area contributed by atoms with Crippen LogP contribution < -0.4 is 15.4 Å². The number of ether oxygens (including phenoxy) is 1. The van der Waals surface area contributed by atoms with E-state index in [1.165, 1.54) is 18.2 Å². The number of nitro benzene ring substituents is 1. The minimum Gasteiger partial charge on any atom is -0.497 e. The molecular weight excluding hydrogens is 532 g/mol. The van der Waals surface area contributed by atoms with E-state index in [1.807, 2.05) is 13.8 Å². The molecule has 1 atom stereocenters. The average Bonchev–Trinajstić information content (AvgIpc) is 3.29. The Bertz CT molecular complexity index is 1330. The average molecular weight is 559 g/mol. The Morgan fingerprint density at radius 3 is 2.55 bits per heavy atom. The number of nitro groups is 1. The summed E-state index contributed by atoms with van der Waals surface area (Å²) in [6.07, 6.45) is 1.67. The van der Waals surface area contributed by atoms with Gasteiger partial charge in [0.1, 0.15) is 5.75 Å².